The number of nitrogens with one attached hydrogen (secondary N) is 1. The summed E-state index contributed by atoms with van der Waals surface area (Å²) in [6.45, 7) is 7.30. The molecule has 1 aromatic carbocycles. The Labute approximate surface area is 133 Å². The van der Waals surface area contributed by atoms with Crippen LogP contribution >= 0.6 is 11.3 Å². The number of aromatic carboxylic acids is 1. The van der Waals surface area contributed by atoms with E-state index < -0.39 is 11.9 Å². The van der Waals surface area contributed by atoms with Crippen molar-refractivity contribution in [2.45, 2.75) is 33.6 Å². The molecule has 2 rings (SSSR count). The molecule has 0 aliphatic rings. The van der Waals surface area contributed by atoms with Crippen LogP contribution in [0, 0.1) is 20.8 Å². The Hall–Kier alpha value is -2.21. The van der Waals surface area contributed by atoms with Gasteiger partial charge in [0.2, 0.25) is 5.91 Å². The molecule has 0 radical (unpaired) electrons. The Morgan fingerprint density at radius 2 is 1.95 bits per heavy atom. The van der Waals surface area contributed by atoms with E-state index in [4.69, 9.17) is 5.11 Å². The molecule has 1 unspecified atom stereocenters. The van der Waals surface area contributed by atoms with Crippen molar-refractivity contribution >= 4 is 28.9 Å². The van der Waals surface area contributed by atoms with Crippen molar-refractivity contribution in [1.29, 1.82) is 0 Å². The number of nitrogens with zero attached hydrogens (tertiary/aromatic N) is 1. The molecule has 1 heterocycles. The molecule has 0 spiro atoms. The van der Waals surface area contributed by atoms with E-state index in [0.29, 0.717) is 10.7 Å². The van der Waals surface area contributed by atoms with E-state index in [9.17, 15) is 9.59 Å². The van der Waals surface area contributed by atoms with Crippen molar-refractivity contribution in [3.05, 3.63) is 44.9 Å². The number of anilines is 1. The van der Waals surface area contributed by atoms with Crippen LogP contribution in [-0.4, -0.2) is 22.0 Å². The molecule has 1 atom stereocenters. The number of thiazole rings is 1. The third-order valence-corrected chi connectivity index (χ3v) is 4.96. The maximum absolute atomic E-state index is 12.4. The molecule has 0 aliphatic heterocycles. The van der Waals surface area contributed by atoms with Crippen LogP contribution in [0.3, 0.4) is 0 Å². The minimum Gasteiger partial charge on any atom is -0.477 e. The monoisotopic (exact) mass is 318 g/mol. The van der Waals surface area contributed by atoms with Gasteiger partial charge in [-0.3, -0.25) is 4.79 Å². The molecule has 22 heavy (non-hydrogen) atoms. The van der Waals surface area contributed by atoms with E-state index in [1.165, 1.54) is 0 Å². The van der Waals surface area contributed by atoms with Gasteiger partial charge in [-0.1, -0.05) is 12.1 Å². The Morgan fingerprint density at radius 1 is 1.27 bits per heavy atom. The van der Waals surface area contributed by atoms with Crippen LogP contribution in [0.4, 0.5) is 5.69 Å². The fraction of sp³-hybridized carbons (Fsp3) is 0.312. The van der Waals surface area contributed by atoms with Crippen LogP contribution in [0.2, 0.25) is 0 Å². The lowest BCUT2D eigenvalue weighted by molar-refractivity contribution is -0.117. The second-order valence-electron chi connectivity index (χ2n) is 5.23. The SMILES string of the molecule is Cc1cccc(NC(=O)C(C)c2nc(C)c(C(=O)O)s2)c1C. The number of hydrogen-bond acceptors (Lipinski definition) is 4. The number of benzene rings is 1. The van der Waals surface area contributed by atoms with Gasteiger partial charge in [-0.05, 0) is 44.9 Å². The van der Waals surface area contributed by atoms with E-state index >= 15 is 0 Å². The quantitative estimate of drug-likeness (QED) is 0.904. The number of aromatic nitrogens is 1. The van der Waals surface area contributed by atoms with E-state index in [1.54, 1.807) is 13.8 Å². The van der Waals surface area contributed by atoms with Gasteiger partial charge in [-0.15, -0.1) is 11.3 Å². The first-order chi connectivity index (χ1) is 10.3. The molecule has 0 saturated carbocycles. The molecule has 1 amide bonds. The molecular formula is C16H18N2O3S. The highest BCUT2D eigenvalue weighted by molar-refractivity contribution is 7.13. The normalized spacial score (nSPS) is 12.0. The highest BCUT2D eigenvalue weighted by Gasteiger charge is 2.23. The fourth-order valence-corrected chi connectivity index (χ4v) is 3.00. The van der Waals surface area contributed by atoms with Crippen molar-refractivity contribution in [2.24, 2.45) is 0 Å². The third-order valence-electron chi connectivity index (χ3n) is 3.63. The molecular weight excluding hydrogens is 300 g/mol. The first kappa shape index (κ1) is 16.2. The number of hydrogen-bond donors (Lipinski definition) is 2. The summed E-state index contributed by atoms with van der Waals surface area (Å²) in [6, 6.07) is 5.72. The smallest absolute Gasteiger partial charge is 0.347 e. The maximum atomic E-state index is 12.4. The van der Waals surface area contributed by atoms with Crippen molar-refractivity contribution in [3.8, 4) is 0 Å². The summed E-state index contributed by atoms with van der Waals surface area (Å²) in [6.07, 6.45) is 0. The van der Waals surface area contributed by atoms with E-state index in [0.717, 1.165) is 28.2 Å². The molecule has 5 nitrogen and oxygen atoms in total. The van der Waals surface area contributed by atoms with Crippen LogP contribution < -0.4 is 5.32 Å². The fourth-order valence-electron chi connectivity index (χ4n) is 2.04. The summed E-state index contributed by atoms with van der Waals surface area (Å²) < 4.78 is 0. The van der Waals surface area contributed by atoms with Crippen molar-refractivity contribution in [1.82, 2.24) is 4.98 Å². The largest absolute Gasteiger partial charge is 0.477 e. The Kier molecular flexibility index (Phi) is 4.61. The van der Waals surface area contributed by atoms with Crippen molar-refractivity contribution < 1.29 is 14.7 Å². The molecule has 0 aliphatic carbocycles. The predicted octanol–water partition coefficient (Wildman–Crippen LogP) is 3.51. The van der Waals surface area contributed by atoms with Gasteiger partial charge in [0, 0.05) is 5.69 Å². The second-order valence-corrected chi connectivity index (χ2v) is 6.26. The third kappa shape index (κ3) is 3.17. The Bertz CT molecular complexity index is 737. The molecule has 0 fully saturated rings. The van der Waals surface area contributed by atoms with Gasteiger partial charge in [0.1, 0.15) is 9.88 Å². The van der Waals surface area contributed by atoms with E-state index in [1.807, 2.05) is 32.0 Å². The van der Waals surface area contributed by atoms with Crippen LogP contribution in [0.5, 0.6) is 0 Å². The lowest BCUT2D eigenvalue weighted by atomic mass is 10.1. The van der Waals surface area contributed by atoms with Crippen LogP contribution in [0.25, 0.3) is 0 Å². The molecule has 1 aromatic heterocycles. The van der Waals surface area contributed by atoms with Gasteiger partial charge >= 0.3 is 5.97 Å². The zero-order chi connectivity index (χ0) is 16.4. The second kappa shape index (κ2) is 6.27. The van der Waals surface area contributed by atoms with E-state index in [2.05, 4.69) is 10.3 Å². The predicted molar refractivity (Wildman–Crippen MR) is 86.8 cm³/mol. The summed E-state index contributed by atoms with van der Waals surface area (Å²) >= 11 is 1.05. The number of carboxylic acid groups (broad SMARTS) is 1. The summed E-state index contributed by atoms with van der Waals surface area (Å²) in [5, 5.41) is 12.5. The number of carbonyl (C=O) groups excluding carboxylic acids is 1. The van der Waals surface area contributed by atoms with Gasteiger partial charge in [-0.25, -0.2) is 9.78 Å². The van der Waals surface area contributed by atoms with Crippen LogP contribution in [0.1, 0.15) is 44.3 Å². The zero-order valence-electron chi connectivity index (χ0n) is 12.9. The number of rotatable bonds is 4. The van der Waals surface area contributed by atoms with Gasteiger partial charge < -0.3 is 10.4 Å². The highest BCUT2D eigenvalue weighted by atomic mass is 32.1. The summed E-state index contributed by atoms with van der Waals surface area (Å²) in [5.74, 6) is -1.71. The standard InChI is InChI=1S/C16H18N2O3S/c1-8-6-5-7-12(9(8)2)18-14(19)10(3)15-17-11(4)13(22-15)16(20)21/h5-7,10H,1-4H3,(H,18,19)(H,20,21). The highest BCUT2D eigenvalue weighted by Crippen LogP contribution is 2.27. The van der Waals surface area contributed by atoms with E-state index in [-0.39, 0.29) is 10.8 Å². The van der Waals surface area contributed by atoms with Gasteiger partial charge in [-0.2, -0.15) is 0 Å². The number of amides is 1. The summed E-state index contributed by atoms with van der Waals surface area (Å²) in [7, 11) is 0. The van der Waals surface area contributed by atoms with Crippen molar-refractivity contribution in [3.63, 3.8) is 0 Å². The average molecular weight is 318 g/mol. The summed E-state index contributed by atoms with van der Waals surface area (Å²) in [4.78, 5) is 27.8. The van der Waals surface area contributed by atoms with Gasteiger partial charge in [0.25, 0.3) is 0 Å². The molecule has 0 saturated heterocycles. The number of aryl methyl sites for hydroxylation is 2. The number of carbonyl (C=O) groups is 2. The first-order valence-electron chi connectivity index (χ1n) is 6.89. The van der Waals surface area contributed by atoms with Gasteiger partial charge in [0.15, 0.2) is 0 Å². The van der Waals surface area contributed by atoms with Crippen LogP contribution in [0.15, 0.2) is 18.2 Å². The zero-order valence-corrected chi connectivity index (χ0v) is 13.7. The molecule has 116 valence electrons. The molecule has 2 N–H and O–H groups in total. The maximum Gasteiger partial charge on any atom is 0.347 e. The van der Waals surface area contributed by atoms with Crippen molar-refractivity contribution in [2.75, 3.05) is 5.32 Å². The van der Waals surface area contributed by atoms with Gasteiger partial charge in [0.05, 0.1) is 11.6 Å². The summed E-state index contributed by atoms with van der Waals surface area (Å²) in [5.41, 5.74) is 3.33. The van der Waals surface area contributed by atoms with Crippen LogP contribution in [-0.2, 0) is 4.79 Å². The molecule has 6 heteroatoms. The minimum absolute atomic E-state index is 0.182. The lowest BCUT2D eigenvalue weighted by Crippen LogP contribution is -2.19. The molecule has 2 aromatic rings. The number of carboxylic acids is 1. The topological polar surface area (TPSA) is 79.3 Å². The molecule has 0 bridgehead atoms. The minimum atomic E-state index is -1.01. The Balaban J connectivity index is 2.21. The Morgan fingerprint density at radius 3 is 2.55 bits per heavy atom. The first-order valence-corrected chi connectivity index (χ1v) is 7.70. The lowest BCUT2D eigenvalue weighted by Gasteiger charge is -2.13. The average Bonchev–Trinajstić information content (AvgIpc) is 2.85.